The minimum absolute atomic E-state index is 0.0879. The fourth-order valence-electron chi connectivity index (χ4n) is 0.896. The minimum Gasteiger partial charge on any atom is -0.493 e. The topological polar surface area (TPSA) is 63.6 Å². The van der Waals surface area contributed by atoms with Crippen molar-refractivity contribution in [3.8, 4) is 0 Å². The lowest BCUT2D eigenvalue weighted by Gasteiger charge is -2.09. The van der Waals surface area contributed by atoms with E-state index in [9.17, 15) is 9.59 Å². The number of aliphatic carboxylic acids is 1. The highest BCUT2D eigenvalue weighted by Crippen LogP contribution is 2.13. The SMILES string of the molecule is COC1=CC(C(=O)O)C=CC1=O. The number of hydrogen-bond acceptors (Lipinski definition) is 3. The molecule has 0 aromatic heterocycles. The van der Waals surface area contributed by atoms with Crippen LogP contribution in [0.1, 0.15) is 0 Å². The smallest absolute Gasteiger partial charge is 0.314 e. The molecule has 4 heteroatoms. The third-order valence-corrected chi connectivity index (χ3v) is 1.53. The molecule has 0 aromatic rings. The van der Waals surface area contributed by atoms with Crippen molar-refractivity contribution in [3.05, 3.63) is 24.0 Å². The monoisotopic (exact) mass is 168 g/mol. The number of ketones is 1. The first-order valence-corrected chi connectivity index (χ1v) is 3.36. The Hall–Kier alpha value is -1.58. The maximum absolute atomic E-state index is 10.9. The summed E-state index contributed by atoms with van der Waals surface area (Å²) in [5, 5.41) is 8.58. The highest BCUT2D eigenvalue weighted by atomic mass is 16.5. The van der Waals surface area contributed by atoms with Gasteiger partial charge >= 0.3 is 5.97 Å². The number of methoxy groups -OCH3 is 1. The summed E-state index contributed by atoms with van der Waals surface area (Å²) in [7, 11) is 1.34. The van der Waals surface area contributed by atoms with Crippen molar-refractivity contribution >= 4 is 11.8 Å². The lowest BCUT2D eigenvalue weighted by molar-refractivity contribution is -0.138. The van der Waals surface area contributed by atoms with Gasteiger partial charge in [-0.2, -0.15) is 0 Å². The van der Waals surface area contributed by atoms with Crippen LogP contribution in [0.3, 0.4) is 0 Å². The summed E-state index contributed by atoms with van der Waals surface area (Å²) in [6.45, 7) is 0. The molecule has 12 heavy (non-hydrogen) atoms. The molecule has 0 aromatic carbocycles. The predicted molar refractivity (Wildman–Crippen MR) is 40.4 cm³/mol. The molecule has 1 aliphatic rings. The maximum Gasteiger partial charge on any atom is 0.314 e. The van der Waals surface area contributed by atoms with Gasteiger partial charge in [0.05, 0.1) is 13.0 Å². The van der Waals surface area contributed by atoms with Crippen LogP contribution in [-0.4, -0.2) is 24.0 Å². The molecule has 0 bridgehead atoms. The average molecular weight is 168 g/mol. The number of rotatable bonds is 2. The number of carbonyl (C=O) groups is 2. The van der Waals surface area contributed by atoms with Crippen molar-refractivity contribution < 1.29 is 19.4 Å². The zero-order chi connectivity index (χ0) is 9.14. The van der Waals surface area contributed by atoms with Gasteiger partial charge in [0.25, 0.3) is 0 Å². The molecule has 64 valence electrons. The molecule has 0 spiro atoms. The summed E-state index contributed by atoms with van der Waals surface area (Å²) < 4.78 is 4.68. The quantitative estimate of drug-likeness (QED) is 0.646. The Balaban J connectivity index is 2.86. The second kappa shape index (κ2) is 3.21. The highest BCUT2D eigenvalue weighted by Gasteiger charge is 2.20. The Bertz CT molecular complexity index is 275. The van der Waals surface area contributed by atoms with Gasteiger partial charge in [-0.25, -0.2) is 0 Å². The Morgan fingerprint density at radius 2 is 2.33 bits per heavy atom. The van der Waals surface area contributed by atoms with Crippen LogP contribution in [0.4, 0.5) is 0 Å². The van der Waals surface area contributed by atoms with Crippen molar-refractivity contribution in [1.82, 2.24) is 0 Å². The molecule has 0 saturated carbocycles. The van der Waals surface area contributed by atoms with Crippen molar-refractivity contribution in [1.29, 1.82) is 0 Å². The second-order valence-corrected chi connectivity index (χ2v) is 2.32. The molecule has 1 aliphatic carbocycles. The highest BCUT2D eigenvalue weighted by molar-refractivity contribution is 6.04. The fourth-order valence-corrected chi connectivity index (χ4v) is 0.896. The van der Waals surface area contributed by atoms with Gasteiger partial charge in [0.2, 0.25) is 5.78 Å². The molecule has 1 rings (SSSR count). The first-order valence-electron chi connectivity index (χ1n) is 3.36. The van der Waals surface area contributed by atoms with Crippen LogP contribution in [0.15, 0.2) is 24.0 Å². The summed E-state index contributed by atoms with van der Waals surface area (Å²) >= 11 is 0. The third kappa shape index (κ3) is 1.53. The van der Waals surface area contributed by atoms with Crippen LogP contribution in [0.5, 0.6) is 0 Å². The van der Waals surface area contributed by atoms with Crippen molar-refractivity contribution in [2.45, 2.75) is 0 Å². The molecular weight excluding hydrogens is 160 g/mol. The molecule has 0 amide bonds. The largest absolute Gasteiger partial charge is 0.493 e. The summed E-state index contributed by atoms with van der Waals surface area (Å²) in [4.78, 5) is 21.4. The Labute approximate surface area is 69.1 Å². The van der Waals surface area contributed by atoms with Gasteiger partial charge in [0, 0.05) is 0 Å². The van der Waals surface area contributed by atoms with E-state index < -0.39 is 11.9 Å². The van der Waals surface area contributed by atoms with Crippen LogP contribution in [0.25, 0.3) is 0 Å². The van der Waals surface area contributed by atoms with Crippen LogP contribution < -0.4 is 0 Å². The molecule has 0 aliphatic heterocycles. The third-order valence-electron chi connectivity index (χ3n) is 1.53. The normalized spacial score (nSPS) is 21.9. The van der Waals surface area contributed by atoms with E-state index in [1.807, 2.05) is 0 Å². The summed E-state index contributed by atoms with van der Waals surface area (Å²) in [6, 6.07) is 0. The van der Waals surface area contributed by atoms with Crippen LogP contribution in [0, 0.1) is 5.92 Å². The van der Waals surface area contributed by atoms with Gasteiger partial charge in [0.1, 0.15) is 0 Å². The summed E-state index contributed by atoms with van der Waals surface area (Å²) in [5.41, 5.74) is 0. The molecule has 0 fully saturated rings. The molecule has 1 unspecified atom stereocenters. The molecule has 1 atom stereocenters. The summed E-state index contributed by atoms with van der Waals surface area (Å²) in [6.07, 6.45) is 3.81. The van der Waals surface area contributed by atoms with Crippen molar-refractivity contribution in [3.63, 3.8) is 0 Å². The van der Waals surface area contributed by atoms with E-state index in [4.69, 9.17) is 5.11 Å². The first-order chi connectivity index (χ1) is 5.65. The molecule has 0 radical (unpaired) electrons. The van der Waals surface area contributed by atoms with E-state index in [-0.39, 0.29) is 11.5 Å². The number of allylic oxidation sites excluding steroid dienone is 1. The lowest BCUT2D eigenvalue weighted by atomic mass is 10.0. The first kappa shape index (κ1) is 8.52. The molecule has 1 N–H and O–H groups in total. The van der Waals surface area contributed by atoms with Gasteiger partial charge in [-0.1, -0.05) is 6.08 Å². The van der Waals surface area contributed by atoms with E-state index in [1.54, 1.807) is 0 Å². The zero-order valence-electron chi connectivity index (χ0n) is 6.48. The van der Waals surface area contributed by atoms with E-state index >= 15 is 0 Å². The summed E-state index contributed by atoms with van der Waals surface area (Å²) in [5.74, 6) is -1.95. The number of hydrogen-bond donors (Lipinski definition) is 1. The standard InChI is InChI=1S/C8H8O4/c1-12-7-4-5(8(10)11)2-3-6(7)9/h2-5H,1H3,(H,10,11). The molecule has 4 nitrogen and oxygen atoms in total. The fraction of sp³-hybridized carbons (Fsp3) is 0.250. The number of carboxylic acid groups (broad SMARTS) is 1. The molecule has 0 saturated heterocycles. The lowest BCUT2D eigenvalue weighted by Crippen LogP contribution is -2.16. The minimum atomic E-state index is -0.992. The van der Waals surface area contributed by atoms with Gasteiger partial charge in [-0.05, 0) is 12.2 Å². The van der Waals surface area contributed by atoms with Gasteiger partial charge < -0.3 is 9.84 Å². The Kier molecular flexibility index (Phi) is 2.28. The molecule has 0 heterocycles. The maximum atomic E-state index is 10.9. The van der Waals surface area contributed by atoms with E-state index in [2.05, 4.69) is 4.74 Å². The van der Waals surface area contributed by atoms with Crippen LogP contribution in [0.2, 0.25) is 0 Å². The Morgan fingerprint density at radius 1 is 1.67 bits per heavy atom. The van der Waals surface area contributed by atoms with E-state index in [1.165, 1.54) is 25.3 Å². The van der Waals surface area contributed by atoms with Gasteiger partial charge in [-0.3, -0.25) is 9.59 Å². The number of carboxylic acids is 1. The number of ether oxygens (including phenoxy) is 1. The van der Waals surface area contributed by atoms with Crippen LogP contribution in [-0.2, 0) is 14.3 Å². The molecular formula is C8H8O4. The average Bonchev–Trinajstić information content (AvgIpc) is 2.05. The number of carbonyl (C=O) groups excluding carboxylic acids is 1. The van der Waals surface area contributed by atoms with Gasteiger partial charge in [-0.15, -0.1) is 0 Å². The predicted octanol–water partition coefficient (Wildman–Crippen LogP) is 0.356. The van der Waals surface area contributed by atoms with Crippen molar-refractivity contribution in [2.24, 2.45) is 5.92 Å². The van der Waals surface area contributed by atoms with Crippen molar-refractivity contribution in [2.75, 3.05) is 7.11 Å². The zero-order valence-corrected chi connectivity index (χ0v) is 6.48. The Morgan fingerprint density at radius 3 is 2.83 bits per heavy atom. The van der Waals surface area contributed by atoms with E-state index in [0.717, 1.165) is 0 Å². The van der Waals surface area contributed by atoms with Gasteiger partial charge in [0.15, 0.2) is 5.76 Å². The second-order valence-electron chi connectivity index (χ2n) is 2.32. The van der Waals surface area contributed by atoms with E-state index in [0.29, 0.717) is 0 Å². The van der Waals surface area contributed by atoms with Crippen LogP contribution >= 0.6 is 0 Å².